The molecule has 0 N–H and O–H groups in total. The molecule has 104 valence electrons. The van der Waals surface area contributed by atoms with E-state index in [2.05, 4.69) is 18.7 Å². The predicted molar refractivity (Wildman–Crippen MR) is 87.1 cm³/mol. The third kappa shape index (κ3) is 2.88. The van der Waals surface area contributed by atoms with E-state index in [0.29, 0.717) is 5.56 Å². The Morgan fingerprint density at radius 2 is 1.70 bits per heavy atom. The third-order valence-corrected chi connectivity index (χ3v) is 3.75. The molecule has 0 aliphatic heterocycles. The number of rotatable bonds is 2. The second-order valence-corrected chi connectivity index (χ2v) is 5.67. The summed E-state index contributed by atoms with van der Waals surface area (Å²) in [6.45, 7) is 6.01. The van der Waals surface area contributed by atoms with Gasteiger partial charge in [-0.3, -0.25) is 4.79 Å². The molecule has 0 spiro atoms. The van der Waals surface area contributed by atoms with Crippen molar-refractivity contribution >= 4 is 24.2 Å². The predicted octanol–water partition coefficient (Wildman–Crippen LogP) is 4.18. The van der Waals surface area contributed by atoms with E-state index in [1.54, 1.807) is 4.90 Å². The first kappa shape index (κ1) is 14.7. The van der Waals surface area contributed by atoms with Crippen molar-refractivity contribution in [3.8, 4) is 0 Å². The number of anilines is 1. The van der Waals surface area contributed by atoms with E-state index < -0.39 is 0 Å². The molecule has 2 nitrogen and oxygen atoms in total. The number of aryl methyl sites for hydroxylation is 3. The summed E-state index contributed by atoms with van der Waals surface area (Å²) >= 11 is 4.31. The minimum atomic E-state index is -0.00893. The lowest BCUT2D eigenvalue weighted by molar-refractivity contribution is 0.0992. The molecule has 2 aromatic rings. The number of amides is 1. The van der Waals surface area contributed by atoms with Crippen LogP contribution in [0.3, 0.4) is 0 Å². The van der Waals surface area contributed by atoms with E-state index in [1.807, 2.05) is 58.2 Å². The molecule has 3 heteroatoms. The number of thiol groups is 1. The lowest BCUT2D eigenvalue weighted by Crippen LogP contribution is -2.27. The molecule has 0 radical (unpaired) electrons. The molecule has 0 aliphatic carbocycles. The summed E-state index contributed by atoms with van der Waals surface area (Å²) in [5.74, 6) is -0.00893. The number of hydrogen-bond donors (Lipinski definition) is 1. The molecule has 0 bridgehead atoms. The van der Waals surface area contributed by atoms with Gasteiger partial charge in [-0.15, -0.1) is 12.6 Å². The van der Waals surface area contributed by atoms with Crippen LogP contribution in [0.5, 0.6) is 0 Å². The van der Waals surface area contributed by atoms with E-state index >= 15 is 0 Å². The van der Waals surface area contributed by atoms with E-state index in [0.717, 1.165) is 21.7 Å². The van der Waals surface area contributed by atoms with Gasteiger partial charge in [-0.2, -0.15) is 0 Å². The lowest BCUT2D eigenvalue weighted by atomic mass is 10.1. The molecule has 0 aliphatic rings. The molecular formula is C17H19NOS. The van der Waals surface area contributed by atoms with Gasteiger partial charge in [-0.1, -0.05) is 23.8 Å². The molecule has 2 aromatic carbocycles. The lowest BCUT2D eigenvalue weighted by Gasteiger charge is -2.21. The fraction of sp³-hybridized carbons (Fsp3) is 0.235. The molecule has 2 rings (SSSR count). The van der Waals surface area contributed by atoms with E-state index in [4.69, 9.17) is 0 Å². The molecule has 1 amide bonds. The molecular weight excluding hydrogens is 266 g/mol. The SMILES string of the molecule is Cc1ccc(N(C)C(=O)c2cc(S)ccc2C)c(C)c1. The molecule has 0 atom stereocenters. The van der Waals surface area contributed by atoms with Crippen molar-refractivity contribution in [3.63, 3.8) is 0 Å². The van der Waals surface area contributed by atoms with Crippen LogP contribution in [0.25, 0.3) is 0 Å². The van der Waals surface area contributed by atoms with Gasteiger partial charge < -0.3 is 4.90 Å². The zero-order valence-corrected chi connectivity index (χ0v) is 13.2. The highest BCUT2D eigenvalue weighted by atomic mass is 32.1. The van der Waals surface area contributed by atoms with Crippen LogP contribution in [0.2, 0.25) is 0 Å². The van der Waals surface area contributed by atoms with Gasteiger partial charge in [0.2, 0.25) is 0 Å². The van der Waals surface area contributed by atoms with Crippen LogP contribution in [-0.4, -0.2) is 13.0 Å². The Kier molecular flexibility index (Phi) is 4.19. The fourth-order valence-corrected chi connectivity index (χ4v) is 2.52. The largest absolute Gasteiger partial charge is 0.311 e. The summed E-state index contributed by atoms with van der Waals surface area (Å²) in [6.07, 6.45) is 0. The summed E-state index contributed by atoms with van der Waals surface area (Å²) in [4.78, 5) is 15.1. The maximum Gasteiger partial charge on any atom is 0.258 e. The molecule has 0 saturated carbocycles. The number of hydrogen-bond acceptors (Lipinski definition) is 2. The second kappa shape index (κ2) is 5.71. The van der Waals surface area contributed by atoms with Gasteiger partial charge >= 0.3 is 0 Å². The minimum Gasteiger partial charge on any atom is -0.311 e. The van der Waals surface area contributed by atoms with Crippen LogP contribution in [-0.2, 0) is 0 Å². The second-order valence-electron chi connectivity index (χ2n) is 5.15. The van der Waals surface area contributed by atoms with Crippen molar-refractivity contribution in [2.75, 3.05) is 11.9 Å². The van der Waals surface area contributed by atoms with Gasteiger partial charge in [-0.25, -0.2) is 0 Å². The highest BCUT2D eigenvalue weighted by Crippen LogP contribution is 2.23. The third-order valence-electron chi connectivity index (χ3n) is 3.47. The monoisotopic (exact) mass is 285 g/mol. The number of carbonyl (C=O) groups is 1. The Bertz CT molecular complexity index is 664. The number of carbonyl (C=O) groups excluding carboxylic acids is 1. The van der Waals surface area contributed by atoms with Crippen molar-refractivity contribution < 1.29 is 4.79 Å². The molecule has 20 heavy (non-hydrogen) atoms. The average molecular weight is 285 g/mol. The maximum atomic E-state index is 12.6. The van der Waals surface area contributed by atoms with Crippen molar-refractivity contribution in [3.05, 3.63) is 58.7 Å². The Morgan fingerprint density at radius 1 is 1.00 bits per heavy atom. The van der Waals surface area contributed by atoms with Gasteiger partial charge in [0, 0.05) is 23.2 Å². The minimum absolute atomic E-state index is 0.00893. The first-order chi connectivity index (χ1) is 9.40. The van der Waals surface area contributed by atoms with Crippen LogP contribution in [0.4, 0.5) is 5.69 Å². The van der Waals surface area contributed by atoms with Crippen LogP contribution < -0.4 is 4.90 Å². The van der Waals surface area contributed by atoms with Crippen LogP contribution >= 0.6 is 12.6 Å². The zero-order chi connectivity index (χ0) is 14.9. The summed E-state index contributed by atoms with van der Waals surface area (Å²) < 4.78 is 0. The summed E-state index contributed by atoms with van der Waals surface area (Å²) in [5.41, 5.74) is 4.88. The van der Waals surface area contributed by atoms with Crippen molar-refractivity contribution in [1.29, 1.82) is 0 Å². The first-order valence-corrected chi connectivity index (χ1v) is 7.00. The van der Waals surface area contributed by atoms with Crippen LogP contribution in [0, 0.1) is 20.8 Å². The van der Waals surface area contributed by atoms with Gasteiger partial charge in [0.25, 0.3) is 5.91 Å². The average Bonchev–Trinajstić information content (AvgIpc) is 2.40. The van der Waals surface area contributed by atoms with Crippen molar-refractivity contribution in [1.82, 2.24) is 0 Å². The van der Waals surface area contributed by atoms with Gasteiger partial charge in [-0.05, 0) is 50.1 Å². The molecule has 0 fully saturated rings. The Balaban J connectivity index is 2.40. The fourth-order valence-electron chi connectivity index (χ4n) is 2.31. The molecule has 0 unspecified atom stereocenters. The molecule has 0 saturated heterocycles. The normalized spacial score (nSPS) is 10.4. The topological polar surface area (TPSA) is 20.3 Å². The summed E-state index contributed by atoms with van der Waals surface area (Å²) in [7, 11) is 1.81. The molecule has 0 aromatic heterocycles. The van der Waals surface area contributed by atoms with Crippen molar-refractivity contribution in [2.24, 2.45) is 0 Å². The Hall–Kier alpha value is -1.74. The zero-order valence-electron chi connectivity index (χ0n) is 12.3. The Labute approximate surface area is 125 Å². The Morgan fingerprint density at radius 3 is 2.35 bits per heavy atom. The van der Waals surface area contributed by atoms with E-state index in [1.165, 1.54) is 5.56 Å². The maximum absolute atomic E-state index is 12.6. The first-order valence-electron chi connectivity index (χ1n) is 6.55. The van der Waals surface area contributed by atoms with Crippen molar-refractivity contribution in [2.45, 2.75) is 25.7 Å². The van der Waals surface area contributed by atoms with Gasteiger partial charge in [0.15, 0.2) is 0 Å². The summed E-state index contributed by atoms with van der Waals surface area (Å²) in [5, 5.41) is 0. The quantitative estimate of drug-likeness (QED) is 0.821. The van der Waals surface area contributed by atoms with E-state index in [-0.39, 0.29) is 5.91 Å². The highest BCUT2D eigenvalue weighted by molar-refractivity contribution is 7.80. The van der Waals surface area contributed by atoms with Gasteiger partial charge in [0.1, 0.15) is 0 Å². The smallest absolute Gasteiger partial charge is 0.258 e. The van der Waals surface area contributed by atoms with Crippen LogP contribution in [0.1, 0.15) is 27.0 Å². The molecule has 0 heterocycles. The van der Waals surface area contributed by atoms with Crippen LogP contribution in [0.15, 0.2) is 41.3 Å². The van der Waals surface area contributed by atoms with E-state index in [9.17, 15) is 4.79 Å². The number of nitrogens with zero attached hydrogens (tertiary/aromatic N) is 1. The number of benzene rings is 2. The van der Waals surface area contributed by atoms with Gasteiger partial charge in [0.05, 0.1) is 0 Å². The highest BCUT2D eigenvalue weighted by Gasteiger charge is 2.17. The summed E-state index contributed by atoms with van der Waals surface area (Å²) in [6, 6.07) is 11.7. The standard InChI is InChI=1S/C17H19NOS/c1-11-5-8-16(13(3)9-11)18(4)17(19)15-10-14(20)7-6-12(15)2/h5-10,20H,1-4H3.